The van der Waals surface area contributed by atoms with Crippen molar-refractivity contribution in [2.75, 3.05) is 6.54 Å². The molecule has 1 atom stereocenters. The summed E-state index contributed by atoms with van der Waals surface area (Å²) >= 11 is 0. The van der Waals surface area contributed by atoms with E-state index in [9.17, 15) is 4.79 Å². The van der Waals surface area contributed by atoms with Crippen LogP contribution in [0.3, 0.4) is 0 Å². The van der Waals surface area contributed by atoms with Crippen molar-refractivity contribution in [2.45, 2.75) is 59.6 Å². The quantitative estimate of drug-likeness (QED) is 0.715. The summed E-state index contributed by atoms with van der Waals surface area (Å²) in [4.78, 5) is 11.8. The van der Waals surface area contributed by atoms with Crippen molar-refractivity contribution < 1.29 is 9.53 Å². The SMILES string of the molecule is CCCNC(C(=O)OC(C)(C)C)C(C)C. The van der Waals surface area contributed by atoms with Gasteiger partial charge in [0.05, 0.1) is 0 Å². The minimum absolute atomic E-state index is 0.147. The highest BCUT2D eigenvalue weighted by molar-refractivity contribution is 5.76. The highest BCUT2D eigenvalue weighted by Crippen LogP contribution is 2.12. The summed E-state index contributed by atoms with van der Waals surface area (Å²) in [6.45, 7) is 12.7. The third-order valence-electron chi connectivity index (χ3n) is 1.94. The Morgan fingerprint density at radius 3 is 2.20 bits per heavy atom. The first-order valence-electron chi connectivity index (χ1n) is 5.74. The first-order valence-corrected chi connectivity index (χ1v) is 5.74. The highest BCUT2D eigenvalue weighted by Gasteiger charge is 2.26. The zero-order valence-corrected chi connectivity index (χ0v) is 10.9. The molecular weight excluding hydrogens is 190 g/mol. The fourth-order valence-electron chi connectivity index (χ4n) is 1.26. The largest absolute Gasteiger partial charge is 0.459 e. The van der Waals surface area contributed by atoms with Gasteiger partial charge < -0.3 is 10.1 Å². The molecule has 0 aromatic heterocycles. The van der Waals surface area contributed by atoms with E-state index in [1.165, 1.54) is 0 Å². The normalized spacial score (nSPS) is 14.1. The summed E-state index contributed by atoms with van der Waals surface area (Å²) in [5.74, 6) is 0.109. The van der Waals surface area contributed by atoms with Crippen LogP contribution in [-0.4, -0.2) is 24.2 Å². The predicted molar refractivity (Wildman–Crippen MR) is 62.8 cm³/mol. The molecule has 0 aromatic rings. The Hall–Kier alpha value is -0.570. The van der Waals surface area contributed by atoms with Gasteiger partial charge in [-0.25, -0.2) is 0 Å². The molecule has 1 unspecified atom stereocenters. The van der Waals surface area contributed by atoms with E-state index in [1.54, 1.807) is 0 Å². The molecule has 0 bridgehead atoms. The van der Waals surface area contributed by atoms with E-state index < -0.39 is 5.60 Å². The van der Waals surface area contributed by atoms with E-state index in [-0.39, 0.29) is 17.9 Å². The van der Waals surface area contributed by atoms with Crippen molar-refractivity contribution in [3.63, 3.8) is 0 Å². The molecule has 1 N–H and O–H groups in total. The number of esters is 1. The standard InChI is InChI=1S/C12H25NO2/c1-7-8-13-10(9(2)3)11(14)15-12(4,5)6/h9-10,13H,7-8H2,1-6H3. The van der Waals surface area contributed by atoms with Crippen LogP contribution in [0.1, 0.15) is 48.0 Å². The maximum absolute atomic E-state index is 11.8. The molecule has 0 radical (unpaired) electrons. The Bertz CT molecular complexity index is 194. The Morgan fingerprint density at radius 2 is 1.87 bits per heavy atom. The third kappa shape index (κ3) is 6.50. The Balaban J connectivity index is 4.29. The molecular formula is C12H25NO2. The zero-order chi connectivity index (χ0) is 12.1. The second-order valence-corrected chi connectivity index (χ2v) is 5.21. The molecule has 0 aliphatic heterocycles. The van der Waals surface area contributed by atoms with Crippen LogP contribution < -0.4 is 5.32 Å². The Kier molecular flexibility index (Phi) is 5.88. The predicted octanol–water partition coefficient (Wildman–Crippen LogP) is 2.35. The summed E-state index contributed by atoms with van der Waals surface area (Å²) in [7, 11) is 0. The van der Waals surface area contributed by atoms with Crippen LogP contribution in [0.15, 0.2) is 0 Å². The van der Waals surface area contributed by atoms with Gasteiger partial charge in [0.2, 0.25) is 0 Å². The molecule has 0 heterocycles. The number of rotatable bonds is 5. The van der Waals surface area contributed by atoms with E-state index in [0.717, 1.165) is 13.0 Å². The van der Waals surface area contributed by atoms with Gasteiger partial charge in [-0.1, -0.05) is 20.8 Å². The summed E-state index contributed by atoms with van der Waals surface area (Å²) < 4.78 is 5.36. The van der Waals surface area contributed by atoms with Crippen molar-refractivity contribution in [1.82, 2.24) is 5.32 Å². The van der Waals surface area contributed by atoms with Crippen molar-refractivity contribution in [3.8, 4) is 0 Å². The molecule has 3 heteroatoms. The molecule has 0 spiro atoms. The first-order chi connectivity index (χ1) is 6.78. The van der Waals surface area contributed by atoms with Gasteiger partial charge in [0.1, 0.15) is 11.6 Å². The molecule has 0 aliphatic rings. The smallest absolute Gasteiger partial charge is 0.323 e. The molecule has 0 amide bonds. The lowest BCUT2D eigenvalue weighted by Crippen LogP contribution is -2.44. The van der Waals surface area contributed by atoms with Crippen LogP contribution in [-0.2, 0) is 9.53 Å². The minimum Gasteiger partial charge on any atom is -0.459 e. The van der Waals surface area contributed by atoms with Crippen LogP contribution in [0.5, 0.6) is 0 Å². The van der Waals surface area contributed by atoms with Crippen LogP contribution >= 0.6 is 0 Å². The summed E-state index contributed by atoms with van der Waals surface area (Å²) in [6.07, 6.45) is 1.02. The van der Waals surface area contributed by atoms with E-state index in [1.807, 2.05) is 34.6 Å². The molecule has 90 valence electrons. The Morgan fingerprint density at radius 1 is 1.33 bits per heavy atom. The van der Waals surface area contributed by atoms with Crippen molar-refractivity contribution in [1.29, 1.82) is 0 Å². The number of hydrogen-bond acceptors (Lipinski definition) is 3. The van der Waals surface area contributed by atoms with Gasteiger partial charge >= 0.3 is 5.97 Å². The van der Waals surface area contributed by atoms with Crippen LogP contribution in [0.25, 0.3) is 0 Å². The van der Waals surface area contributed by atoms with Gasteiger partial charge in [-0.2, -0.15) is 0 Å². The fraction of sp³-hybridized carbons (Fsp3) is 0.917. The first kappa shape index (κ1) is 14.4. The molecule has 0 rings (SSSR count). The van der Waals surface area contributed by atoms with Gasteiger partial charge in [0.15, 0.2) is 0 Å². The maximum Gasteiger partial charge on any atom is 0.323 e. The van der Waals surface area contributed by atoms with Crippen molar-refractivity contribution in [2.24, 2.45) is 5.92 Å². The minimum atomic E-state index is -0.405. The molecule has 0 saturated carbocycles. The second-order valence-electron chi connectivity index (χ2n) is 5.21. The average molecular weight is 215 g/mol. The van der Waals surface area contributed by atoms with Gasteiger partial charge in [-0.05, 0) is 39.7 Å². The molecule has 15 heavy (non-hydrogen) atoms. The summed E-state index contributed by atoms with van der Waals surface area (Å²) in [5.41, 5.74) is -0.405. The molecule has 0 fully saturated rings. The lowest BCUT2D eigenvalue weighted by atomic mass is 10.0. The second kappa shape index (κ2) is 6.11. The molecule has 0 aromatic carbocycles. The van der Waals surface area contributed by atoms with Gasteiger partial charge in [-0.3, -0.25) is 4.79 Å². The van der Waals surface area contributed by atoms with E-state index >= 15 is 0 Å². The van der Waals surface area contributed by atoms with Crippen LogP contribution in [0, 0.1) is 5.92 Å². The molecule has 0 saturated heterocycles. The number of hydrogen-bond donors (Lipinski definition) is 1. The van der Waals surface area contributed by atoms with E-state index in [0.29, 0.717) is 0 Å². The lowest BCUT2D eigenvalue weighted by Gasteiger charge is -2.26. The van der Waals surface area contributed by atoms with Crippen LogP contribution in [0.2, 0.25) is 0 Å². The number of nitrogens with one attached hydrogen (secondary N) is 1. The fourth-order valence-corrected chi connectivity index (χ4v) is 1.26. The van der Waals surface area contributed by atoms with E-state index in [2.05, 4.69) is 12.2 Å². The van der Waals surface area contributed by atoms with Crippen molar-refractivity contribution in [3.05, 3.63) is 0 Å². The van der Waals surface area contributed by atoms with Gasteiger partial charge in [0, 0.05) is 0 Å². The van der Waals surface area contributed by atoms with Crippen molar-refractivity contribution >= 4 is 5.97 Å². The highest BCUT2D eigenvalue weighted by atomic mass is 16.6. The maximum atomic E-state index is 11.8. The monoisotopic (exact) mass is 215 g/mol. The average Bonchev–Trinajstić information content (AvgIpc) is 2.00. The molecule has 3 nitrogen and oxygen atoms in total. The topological polar surface area (TPSA) is 38.3 Å². The summed E-state index contributed by atoms with van der Waals surface area (Å²) in [6, 6.07) is -0.191. The van der Waals surface area contributed by atoms with E-state index in [4.69, 9.17) is 4.74 Å². The number of carbonyl (C=O) groups is 1. The van der Waals surface area contributed by atoms with Gasteiger partial charge in [0.25, 0.3) is 0 Å². The number of carbonyl (C=O) groups excluding carboxylic acids is 1. The molecule has 0 aliphatic carbocycles. The summed E-state index contributed by atoms with van der Waals surface area (Å²) in [5, 5.41) is 3.22. The van der Waals surface area contributed by atoms with Gasteiger partial charge in [-0.15, -0.1) is 0 Å². The van der Waals surface area contributed by atoms with Crippen LogP contribution in [0.4, 0.5) is 0 Å². The zero-order valence-electron chi connectivity index (χ0n) is 10.9. The number of ether oxygens (including phenoxy) is 1. The third-order valence-corrected chi connectivity index (χ3v) is 1.94. The lowest BCUT2D eigenvalue weighted by molar-refractivity contribution is -0.158. The Labute approximate surface area is 93.6 Å².